The quantitative estimate of drug-likeness (QED) is 0.314. The van der Waals surface area contributed by atoms with E-state index in [1.54, 1.807) is 24.3 Å². The predicted molar refractivity (Wildman–Crippen MR) is 161 cm³/mol. The van der Waals surface area contributed by atoms with E-state index in [2.05, 4.69) is 5.32 Å². The van der Waals surface area contributed by atoms with Crippen molar-refractivity contribution >= 4 is 27.5 Å². The van der Waals surface area contributed by atoms with E-state index in [9.17, 15) is 18.0 Å². The summed E-state index contributed by atoms with van der Waals surface area (Å²) in [5.74, 6) is -0.696. The highest BCUT2D eigenvalue weighted by atomic mass is 32.2. The van der Waals surface area contributed by atoms with E-state index in [0.29, 0.717) is 12.1 Å². The van der Waals surface area contributed by atoms with E-state index in [1.165, 1.54) is 21.3 Å². The van der Waals surface area contributed by atoms with Crippen LogP contribution in [0.25, 0.3) is 0 Å². The Morgan fingerprint density at radius 2 is 1.50 bits per heavy atom. The van der Waals surface area contributed by atoms with Gasteiger partial charge in [-0.3, -0.25) is 13.9 Å². The second kappa shape index (κ2) is 13.6. The van der Waals surface area contributed by atoms with Crippen LogP contribution in [0.3, 0.4) is 0 Å². The number of carbonyl (C=O) groups is 2. The summed E-state index contributed by atoms with van der Waals surface area (Å²) in [6.45, 7) is 11.2. The van der Waals surface area contributed by atoms with Gasteiger partial charge in [-0.15, -0.1) is 0 Å². The fourth-order valence-electron chi connectivity index (χ4n) is 4.55. The Kier molecular flexibility index (Phi) is 10.5. The maximum atomic E-state index is 14.2. The predicted octanol–water partition coefficient (Wildman–Crippen LogP) is 5.53. The first-order valence-corrected chi connectivity index (χ1v) is 15.2. The van der Waals surface area contributed by atoms with E-state index < -0.39 is 28.5 Å². The molecule has 0 heterocycles. The first kappa shape index (κ1) is 30.9. The van der Waals surface area contributed by atoms with Gasteiger partial charge in [0, 0.05) is 12.6 Å². The average molecular weight is 564 g/mol. The zero-order valence-corrected chi connectivity index (χ0v) is 25.2. The van der Waals surface area contributed by atoms with Crippen LogP contribution in [0, 0.1) is 20.8 Å². The maximum Gasteiger partial charge on any atom is 0.264 e. The number of sulfonamides is 1. The van der Waals surface area contributed by atoms with Crippen LogP contribution in [0.1, 0.15) is 55.9 Å². The van der Waals surface area contributed by atoms with Crippen LogP contribution >= 0.6 is 0 Å². The Morgan fingerprint density at radius 1 is 0.850 bits per heavy atom. The molecule has 0 aliphatic rings. The van der Waals surface area contributed by atoms with Gasteiger partial charge in [0.15, 0.2) is 0 Å². The van der Waals surface area contributed by atoms with Crippen LogP contribution in [0.4, 0.5) is 5.69 Å². The van der Waals surface area contributed by atoms with Crippen molar-refractivity contribution in [2.24, 2.45) is 0 Å². The van der Waals surface area contributed by atoms with Gasteiger partial charge in [0.25, 0.3) is 10.0 Å². The molecule has 0 bridgehead atoms. The summed E-state index contributed by atoms with van der Waals surface area (Å²) in [7, 11) is -4.09. The van der Waals surface area contributed by atoms with Crippen LogP contribution in [0.2, 0.25) is 0 Å². The molecule has 1 N–H and O–H groups in total. The van der Waals surface area contributed by atoms with Gasteiger partial charge in [-0.2, -0.15) is 0 Å². The molecule has 40 heavy (non-hydrogen) atoms. The van der Waals surface area contributed by atoms with Gasteiger partial charge >= 0.3 is 0 Å². The van der Waals surface area contributed by atoms with Crippen LogP contribution in [0.15, 0.2) is 77.7 Å². The van der Waals surface area contributed by atoms with Crippen molar-refractivity contribution in [1.29, 1.82) is 0 Å². The number of amides is 2. The van der Waals surface area contributed by atoms with Gasteiger partial charge in [0.1, 0.15) is 12.6 Å². The topological polar surface area (TPSA) is 86.8 Å². The van der Waals surface area contributed by atoms with Gasteiger partial charge in [0.05, 0.1) is 10.6 Å². The normalized spacial score (nSPS) is 12.8. The molecule has 3 aromatic rings. The van der Waals surface area contributed by atoms with Gasteiger partial charge in [-0.1, -0.05) is 68.4 Å². The average Bonchev–Trinajstić information content (AvgIpc) is 2.94. The Labute approximate surface area is 239 Å². The number of aryl methyl sites for hydroxylation is 3. The van der Waals surface area contributed by atoms with Gasteiger partial charge in [-0.05, 0) is 81.0 Å². The second-order valence-corrected chi connectivity index (χ2v) is 12.2. The Morgan fingerprint density at radius 3 is 2.12 bits per heavy atom. The minimum absolute atomic E-state index is 0.0538. The standard InChI is InChI=1S/C32H41N3O4S/c1-7-26(6)33-32(37)29(8-2)34(21-27-15-13-12-14-24(27)4)31(36)22-35(30-20-23(3)18-19-25(30)5)40(38,39)28-16-10-9-11-17-28/h9-20,26,29H,7-8,21-22H2,1-6H3,(H,33,37)/t26-,29+/m0/s1. The molecular weight excluding hydrogens is 522 g/mol. The molecule has 3 aromatic carbocycles. The van der Waals surface area contributed by atoms with Crippen LogP contribution in [0.5, 0.6) is 0 Å². The number of benzene rings is 3. The molecule has 2 atom stereocenters. The highest BCUT2D eigenvalue weighted by molar-refractivity contribution is 7.92. The molecule has 3 rings (SSSR count). The van der Waals surface area contributed by atoms with Crippen molar-refractivity contribution in [3.63, 3.8) is 0 Å². The van der Waals surface area contributed by atoms with Crippen LogP contribution in [-0.2, 0) is 26.2 Å². The van der Waals surface area contributed by atoms with E-state index in [0.717, 1.165) is 28.7 Å². The number of carbonyl (C=O) groups excluding carboxylic acids is 2. The molecule has 2 amide bonds. The van der Waals surface area contributed by atoms with Crippen molar-refractivity contribution in [1.82, 2.24) is 10.2 Å². The van der Waals surface area contributed by atoms with Crippen molar-refractivity contribution in [2.45, 2.75) is 77.9 Å². The number of hydrogen-bond acceptors (Lipinski definition) is 4. The molecule has 214 valence electrons. The lowest BCUT2D eigenvalue weighted by Crippen LogP contribution is -2.53. The molecule has 0 saturated carbocycles. The largest absolute Gasteiger partial charge is 0.352 e. The summed E-state index contributed by atoms with van der Waals surface area (Å²) in [4.78, 5) is 29.2. The van der Waals surface area contributed by atoms with Crippen LogP contribution < -0.4 is 9.62 Å². The molecule has 0 aliphatic carbocycles. The summed E-state index contributed by atoms with van der Waals surface area (Å²) >= 11 is 0. The molecule has 0 saturated heterocycles. The van der Waals surface area contributed by atoms with Gasteiger partial charge in [0.2, 0.25) is 11.8 Å². The lowest BCUT2D eigenvalue weighted by Gasteiger charge is -2.34. The number of nitrogens with zero attached hydrogens (tertiary/aromatic N) is 2. The number of hydrogen-bond donors (Lipinski definition) is 1. The number of rotatable bonds is 12. The summed E-state index contributed by atoms with van der Waals surface area (Å²) in [6.07, 6.45) is 1.14. The summed E-state index contributed by atoms with van der Waals surface area (Å²) in [6, 6.07) is 20.5. The summed E-state index contributed by atoms with van der Waals surface area (Å²) in [5, 5.41) is 3.01. The fraction of sp³-hybridized carbons (Fsp3) is 0.375. The van der Waals surface area contributed by atoms with Crippen molar-refractivity contribution in [2.75, 3.05) is 10.8 Å². The van der Waals surface area contributed by atoms with Gasteiger partial charge in [-0.25, -0.2) is 8.42 Å². The van der Waals surface area contributed by atoms with Crippen molar-refractivity contribution < 1.29 is 18.0 Å². The zero-order chi connectivity index (χ0) is 29.4. The Bertz CT molecular complexity index is 1420. The van der Waals surface area contributed by atoms with E-state index in [-0.39, 0.29) is 23.4 Å². The summed E-state index contributed by atoms with van der Waals surface area (Å²) < 4.78 is 29.2. The summed E-state index contributed by atoms with van der Waals surface area (Å²) in [5.41, 5.74) is 3.92. The highest BCUT2D eigenvalue weighted by Gasteiger charge is 2.34. The maximum absolute atomic E-state index is 14.2. The van der Waals surface area contributed by atoms with Crippen molar-refractivity contribution in [3.05, 3.63) is 95.1 Å². The smallest absolute Gasteiger partial charge is 0.264 e. The molecule has 0 unspecified atom stereocenters. The Balaban J connectivity index is 2.10. The van der Waals surface area contributed by atoms with E-state index in [4.69, 9.17) is 0 Å². The minimum atomic E-state index is -4.09. The second-order valence-electron chi connectivity index (χ2n) is 10.3. The first-order valence-electron chi connectivity index (χ1n) is 13.8. The highest BCUT2D eigenvalue weighted by Crippen LogP contribution is 2.28. The van der Waals surface area contributed by atoms with Crippen molar-refractivity contribution in [3.8, 4) is 0 Å². The molecule has 0 spiro atoms. The molecular formula is C32H41N3O4S. The third kappa shape index (κ3) is 7.30. The molecule has 7 nitrogen and oxygen atoms in total. The molecule has 0 fully saturated rings. The zero-order valence-electron chi connectivity index (χ0n) is 24.3. The lowest BCUT2D eigenvalue weighted by molar-refractivity contribution is -0.140. The Hall–Kier alpha value is -3.65. The van der Waals surface area contributed by atoms with E-state index in [1.807, 2.05) is 77.9 Å². The monoisotopic (exact) mass is 563 g/mol. The molecule has 0 radical (unpaired) electrons. The third-order valence-electron chi connectivity index (χ3n) is 7.23. The molecule has 0 aliphatic heterocycles. The lowest BCUT2D eigenvalue weighted by atomic mass is 10.1. The van der Waals surface area contributed by atoms with Gasteiger partial charge < -0.3 is 10.2 Å². The van der Waals surface area contributed by atoms with E-state index >= 15 is 0 Å². The molecule has 0 aromatic heterocycles. The number of nitrogens with one attached hydrogen (secondary N) is 1. The SMILES string of the molecule is CC[C@H](C(=O)N[C@@H](C)CC)N(Cc1ccccc1C)C(=O)CN(c1cc(C)ccc1C)S(=O)(=O)c1ccccc1. The number of anilines is 1. The fourth-order valence-corrected chi connectivity index (χ4v) is 6.04. The minimum Gasteiger partial charge on any atom is -0.352 e. The van der Waals surface area contributed by atoms with Crippen LogP contribution in [-0.4, -0.2) is 43.8 Å². The third-order valence-corrected chi connectivity index (χ3v) is 9.01. The molecule has 8 heteroatoms. The first-order chi connectivity index (χ1) is 19.0.